The predicted molar refractivity (Wildman–Crippen MR) is 35.7 cm³/mol. The average molecular weight is 127 g/mol. The van der Waals surface area contributed by atoms with Crippen molar-refractivity contribution in [2.45, 2.75) is 12.0 Å². The van der Waals surface area contributed by atoms with E-state index in [0.717, 1.165) is 13.1 Å². The van der Waals surface area contributed by atoms with Crippen LogP contribution in [-0.2, 0) is 0 Å². The van der Waals surface area contributed by atoms with Crippen molar-refractivity contribution >= 4 is 0 Å². The Labute approximate surface area is 55.4 Å². The minimum absolute atomic E-state index is 0.509. The fourth-order valence-electron chi connectivity index (χ4n) is 1.76. The van der Waals surface area contributed by atoms with Crippen LogP contribution >= 0.6 is 0 Å². The lowest BCUT2D eigenvalue weighted by molar-refractivity contribution is -0.109. The molecule has 0 aromatic rings. The van der Waals surface area contributed by atoms with E-state index in [0.29, 0.717) is 5.54 Å². The fraction of sp³-hybridized carbons (Fsp3) is 1.00. The number of hydrogen-bond donors (Lipinski definition) is 1. The summed E-state index contributed by atoms with van der Waals surface area (Å²) in [7, 11) is 2.18. The lowest BCUT2D eigenvalue weighted by Gasteiger charge is -2.60. The Bertz CT molecular complexity index is 128. The normalized spacial score (nSPS) is 34.0. The van der Waals surface area contributed by atoms with Crippen LogP contribution in [0.4, 0.5) is 0 Å². The number of hydrogen-bond acceptors (Lipinski definition) is 3. The summed E-state index contributed by atoms with van der Waals surface area (Å²) in [6.07, 6.45) is 1.34. The summed E-state index contributed by atoms with van der Waals surface area (Å²) < 4.78 is 0. The average Bonchev–Trinajstić information content (AvgIpc) is 1.77. The van der Waals surface area contributed by atoms with Crippen LogP contribution < -0.4 is 5.84 Å². The molecule has 1 spiro atoms. The van der Waals surface area contributed by atoms with Crippen molar-refractivity contribution in [1.82, 2.24) is 9.91 Å². The Morgan fingerprint density at radius 1 is 1.44 bits per heavy atom. The van der Waals surface area contributed by atoms with E-state index in [1.807, 2.05) is 5.01 Å². The Kier molecular flexibility index (Phi) is 0.928. The third-order valence-corrected chi connectivity index (χ3v) is 2.72. The van der Waals surface area contributed by atoms with Gasteiger partial charge in [0.25, 0.3) is 0 Å². The van der Waals surface area contributed by atoms with E-state index in [4.69, 9.17) is 5.84 Å². The second kappa shape index (κ2) is 1.48. The summed E-state index contributed by atoms with van der Waals surface area (Å²) in [5, 5.41) is 1.88. The molecule has 2 aliphatic rings. The Morgan fingerprint density at radius 2 is 2.11 bits per heavy atom. The molecule has 0 aromatic heterocycles. The first kappa shape index (κ1) is 5.65. The molecule has 0 aromatic carbocycles. The zero-order valence-electron chi connectivity index (χ0n) is 5.80. The number of likely N-dealkylation sites (tertiary alicyclic amines) is 1. The van der Waals surface area contributed by atoms with E-state index in [1.165, 1.54) is 13.0 Å². The quantitative estimate of drug-likeness (QED) is 0.435. The minimum atomic E-state index is 0.509. The molecular formula is C6H13N3. The second-order valence-electron chi connectivity index (χ2n) is 3.30. The van der Waals surface area contributed by atoms with Gasteiger partial charge in [-0.2, -0.15) is 0 Å². The highest BCUT2D eigenvalue weighted by atomic mass is 15.5. The van der Waals surface area contributed by atoms with E-state index < -0.39 is 0 Å². The standard InChI is InChI=1S/C6H13N3/c1-8-3-2-6(8)4-9(7)5-6/h2-5,7H2,1H3. The summed E-state index contributed by atoms with van der Waals surface area (Å²) >= 11 is 0. The zero-order valence-corrected chi connectivity index (χ0v) is 5.80. The summed E-state index contributed by atoms with van der Waals surface area (Å²) in [4.78, 5) is 2.40. The highest BCUT2D eigenvalue weighted by Gasteiger charge is 2.50. The molecule has 2 N–H and O–H groups in total. The van der Waals surface area contributed by atoms with Crippen LogP contribution in [-0.4, -0.2) is 42.1 Å². The molecule has 0 unspecified atom stereocenters. The van der Waals surface area contributed by atoms with Crippen LogP contribution in [0.25, 0.3) is 0 Å². The van der Waals surface area contributed by atoms with E-state index in [1.54, 1.807) is 0 Å². The number of rotatable bonds is 0. The van der Waals surface area contributed by atoms with Gasteiger partial charge in [-0.1, -0.05) is 0 Å². The van der Waals surface area contributed by atoms with Crippen LogP contribution in [0.15, 0.2) is 0 Å². The minimum Gasteiger partial charge on any atom is -0.298 e. The molecule has 0 saturated carbocycles. The summed E-state index contributed by atoms with van der Waals surface area (Å²) in [5.74, 6) is 5.53. The van der Waals surface area contributed by atoms with Crippen molar-refractivity contribution in [3.05, 3.63) is 0 Å². The highest BCUT2D eigenvalue weighted by Crippen LogP contribution is 2.35. The molecule has 3 nitrogen and oxygen atoms in total. The van der Waals surface area contributed by atoms with Gasteiger partial charge in [0.05, 0.1) is 0 Å². The van der Waals surface area contributed by atoms with Crippen LogP contribution in [0, 0.1) is 0 Å². The largest absolute Gasteiger partial charge is 0.298 e. The molecule has 2 heterocycles. The van der Waals surface area contributed by atoms with Gasteiger partial charge in [-0.25, -0.2) is 5.01 Å². The van der Waals surface area contributed by atoms with E-state index >= 15 is 0 Å². The molecule has 52 valence electrons. The summed E-state index contributed by atoms with van der Waals surface area (Å²) in [6, 6.07) is 0. The monoisotopic (exact) mass is 127 g/mol. The molecule has 0 radical (unpaired) electrons. The molecule has 2 aliphatic heterocycles. The predicted octanol–water partition coefficient (Wildman–Crippen LogP) is -0.750. The van der Waals surface area contributed by atoms with Crippen molar-refractivity contribution in [3.63, 3.8) is 0 Å². The van der Waals surface area contributed by atoms with Gasteiger partial charge in [0.1, 0.15) is 0 Å². The number of nitrogens with two attached hydrogens (primary N) is 1. The number of likely N-dealkylation sites (N-methyl/N-ethyl adjacent to an activating group) is 1. The first-order chi connectivity index (χ1) is 4.23. The van der Waals surface area contributed by atoms with Crippen molar-refractivity contribution < 1.29 is 0 Å². The smallest absolute Gasteiger partial charge is 0.0500 e. The third kappa shape index (κ3) is 0.569. The van der Waals surface area contributed by atoms with Gasteiger partial charge in [-0.3, -0.25) is 10.7 Å². The van der Waals surface area contributed by atoms with Crippen molar-refractivity contribution in [3.8, 4) is 0 Å². The number of nitrogens with zero attached hydrogens (tertiary/aromatic N) is 2. The van der Waals surface area contributed by atoms with Gasteiger partial charge in [-0.05, 0) is 13.5 Å². The highest BCUT2D eigenvalue weighted by molar-refractivity contribution is 5.07. The van der Waals surface area contributed by atoms with Gasteiger partial charge < -0.3 is 0 Å². The van der Waals surface area contributed by atoms with Gasteiger partial charge in [0.2, 0.25) is 0 Å². The molecule has 3 heteroatoms. The molecule has 0 bridgehead atoms. The van der Waals surface area contributed by atoms with E-state index in [2.05, 4.69) is 11.9 Å². The topological polar surface area (TPSA) is 32.5 Å². The molecule has 2 rings (SSSR count). The maximum atomic E-state index is 5.53. The third-order valence-electron chi connectivity index (χ3n) is 2.72. The van der Waals surface area contributed by atoms with Crippen LogP contribution in [0.3, 0.4) is 0 Å². The van der Waals surface area contributed by atoms with Crippen molar-refractivity contribution in [2.24, 2.45) is 5.84 Å². The van der Waals surface area contributed by atoms with E-state index in [9.17, 15) is 0 Å². The van der Waals surface area contributed by atoms with Gasteiger partial charge >= 0.3 is 0 Å². The molecule has 2 fully saturated rings. The maximum absolute atomic E-state index is 5.53. The van der Waals surface area contributed by atoms with Crippen LogP contribution in [0.5, 0.6) is 0 Å². The van der Waals surface area contributed by atoms with Crippen molar-refractivity contribution in [2.75, 3.05) is 26.7 Å². The maximum Gasteiger partial charge on any atom is 0.0500 e. The van der Waals surface area contributed by atoms with Crippen LogP contribution in [0.1, 0.15) is 6.42 Å². The van der Waals surface area contributed by atoms with Crippen LogP contribution in [0.2, 0.25) is 0 Å². The van der Waals surface area contributed by atoms with Gasteiger partial charge in [0, 0.05) is 25.2 Å². The Balaban J connectivity index is 1.97. The lowest BCUT2D eigenvalue weighted by atomic mass is 9.79. The molecule has 9 heavy (non-hydrogen) atoms. The molecular weight excluding hydrogens is 114 g/mol. The number of hydrazine groups is 1. The lowest BCUT2D eigenvalue weighted by Crippen LogP contribution is -2.77. The zero-order chi connectivity index (χ0) is 6.48. The molecule has 0 atom stereocenters. The molecule has 0 amide bonds. The SMILES string of the molecule is CN1CCC12CN(N)C2. The van der Waals surface area contributed by atoms with Crippen molar-refractivity contribution in [1.29, 1.82) is 0 Å². The first-order valence-electron chi connectivity index (χ1n) is 3.44. The van der Waals surface area contributed by atoms with Gasteiger partial charge in [-0.15, -0.1) is 0 Å². The van der Waals surface area contributed by atoms with E-state index in [-0.39, 0.29) is 0 Å². The molecule has 2 saturated heterocycles. The second-order valence-corrected chi connectivity index (χ2v) is 3.30. The fourth-order valence-corrected chi connectivity index (χ4v) is 1.76. The Morgan fingerprint density at radius 3 is 2.22 bits per heavy atom. The Hall–Kier alpha value is -0.120. The summed E-state index contributed by atoms with van der Waals surface area (Å²) in [6.45, 7) is 3.40. The van der Waals surface area contributed by atoms with Gasteiger partial charge in [0.15, 0.2) is 0 Å². The summed E-state index contributed by atoms with van der Waals surface area (Å²) in [5.41, 5.74) is 0.509. The molecule has 0 aliphatic carbocycles. The first-order valence-corrected chi connectivity index (χ1v) is 3.44.